The number of rotatable bonds is 14. The number of carbonyl (C=O) groups excluding carboxylic acids is 2. The van der Waals surface area contributed by atoms with Crippen LogP contribution in [-0.2, 0) is 25.7 Å². The molecule has 332 valence electrons. The second-order valence-electron chi connectivity index (χ2n) is 23.3. The Morgan fingerprint density at radius 2 is 1.61 bits per heavy atom. The SMILES string of the molecule is CCC(C)CCN(Cc1ccccc1Cl)C[C@@H](O)[C@@]12CC[C@]3(C)[C@H](CC[C@@H]4[C@@]5(C)CC[C@H](OC(=O)CC(C)(C)C(=O)O)C(C)(C)[C@@H]5CC[C@]43C)C1C(C)(C(C)C)C(=O)C2. The number of aliphatic hydroxyl groups excluding tert-OH is 1. The fourth-order valence-electron chi connectivity index (χ4n) is 15.0. The third-order valence-corrected chi connectivity index (χ3v) is 19.8. The first-order valence-electron chi connectivity index (χ1n) is 23.4. The topological polar surface area (TPSA) is 104 Å². The largest absolute Gasteiger partial charge is 0.481 e. The first kappa shape index (κ1) is 46.5. The van der Waals surface area contributed by atoms with Crippen molar-refractivity contribution < 1.29 is 29.3 Å². The van der Waals surface area contributed by atoms with E-state index in [4.69, 9.17) is 16.3 Å². The number of nitrogens with zero attached hydrogens (tertiary/aromatic N) is 1. The summed E-state index contributed by atoms with van der Waals surface area (Å²) in [6.07, 6.45) is 9.59. The van der Waals surface area contributed by atoms with Crippen LogP contribution in [0.25, 0.3) is 0 Å². The zero-order valence-electron chi connectivity index (χ0n) is 38.9. The number of carbonyl (C=O) groups is 3. The molecule has 3 unspecified atom stereocenters. The van der Waals surface area contributed by atoms with E-state index in [2.05, 4.69) is 80.2 Å². The van der Waals surface area contributed by atoms with Crippen molar-refractivity contribution in [1.82, 2.24) is 4.90 Å². The van der Waals surface area contributed by atoms with Gasteiger partial charge in [-0.25, -0.2) is 0 Å². The van der Waals surface area contributed by atoms with Gasteiger partial charge in [-0.1, -0.05) is 105 Å². The number of aliphatic carboxylic acids is 1. The lowest BCUT2D eigenvalue weighted by molar-refractivity contribution is -0.262. The molecule has 0 heterocycles. The Morgan fingerprint density at radius 1 is 0.932 bits per heavy atom. The minimum atomic E-state index is -1.17. The number of halogens is 1. The zero-order chi connectivity index (χ0) is 43.7. The fraction of sp³-hybridized carbons (Fsp3) is 0.824. The number of fused-ring (bicyclic) bond motifs is 7. The van der Waals surface area contributed by atoms with E-state index in [-0.39, 0.29) is 46.0 Å². The summed E-state index contributed by atoms with van der Waals surface area (Å²) in [6, 6.07) is 8.08. The average molecular weight is 839 g/mol. The van der Waals surface area contributed by atoms with E-state index < -0.39 is 34.3 Å². The molecule has 5 fully saturated rings. The normalized spacial score (nSPS) is 38.8. The molecule has 0 spiro atoms. The zero-order valence-corrected chi connectivity index (χ0v) is 39.6. The molecule has 1 aromatic carbocycles. The Morgan fingerprint density at radius 3 is 2.24 bits per heavy atom. The highest BCUT2D eigenvalue weighted by Gasteiger charge is 2.75. The smallest absolute Gasteiger partial charge is 0.309 e. The number of ketones is 1. The van der Waals surface area contributed by atoms with Crippen molar-refractivity contribution in [2.75, 3.05) is 13.1 Å². The number of esters is 1. The van der Waals surface area contributed by atoms with Crippen LogP contribution in [0.15, 0.2) is 24.3 Å². The molecule has 0 radical (unpaired) electrons. The quantitative estimate of drug-likeness (QED) is 0.180. The molecule has 6 rings (SSSR count). The number of benzene rings is 1. The van der Waals surface area contributed by atoms with E-state index in [1.54, 1.807) is 13.8 Å². The summed E-state index contributed by atoms with van der Waals surface area (Å²) < 4.78 is 6.22. The second-order valence-corrected chi connectivity index (χ2v) is 23.7. The molecule has 0 aromatic heterocycles. The lowest BCUT2D eigenvalue weighted by Gasteiger charge is -2.73. The molecule has 0 saturated heterocycles. The summed E-state index contributed by atoms with van der Waals surface area (Å²) >= 11 is 6.74. The summed E-state index contributed by atoms with van der Waals surface area (Å²) in [7, 11) is 0. The highest BCUT2D eigenvalue weighted by molar-refractivity contribution is 6.31. The van der Waals surface area contributed by atoms with Crippen LogP contribution in [0, 0.1) is 73.4 Å². The highest BCUT2D eigenvalue weighted by atomic mass is 35.5. The molecule has 1 aromatic rings. The van der Waals surface area contributed by atoms with Crippen molar-refractivity contribution in [2.45, 2.75) is 179 Å². The van der Waals surface area contributed by atoms with E-state index in [1.165, 1.54) is 0 Å². The molecule has 12 atom stereocenters. The van der Waals surface area contributed by atoms with E-state index in [1.807, 2.05) is 18.2 Å². The molecular weight excluding hydrogens is 758 g/mol. The number of hydrogen-bond donors (Lipinski definition) is 2. The van der Waals surface area contributed by atoms with E-state index in [0.29, 0.717) is 49.0 Å². The number of aliphatic hydroxyl groups is 1. The van der Waals surface area contributed by atoms with Crippen LogP contribution in [0.4, 0.5) is 0 Å². The van der Waals surface area contributed by atoms with Gasteiger partial charge in [-0.15, -0.1) is 0 Å². The number of ether oxygens (including phenoxy) is 1. The molecular formula is C51H80ClNO6. The van der Waals surface area contributed by atoms with Crippen LogP contribution >= 0.6 is 11.6 Å². The predicted octanol–water partition coefficient (Wildman–Crippen LogP) is 11.7. The molecule has 5 saturated carbocycles. The van der Waals surface area contributed by atoms with Crippen LogP contribution in [0.1, 0.15) is 166 Å². The Kier molecular flexibility index (Phi) is 12.9. The van der Waals surface area contributed by atoms with Crippen LogP contribution in [0.2, 0.25) is 5.02 Å². The number of Topliss-reactive ketones (excluding diaryl/α,β-unsaturated/α-hetero) is 1. The maximum absolute atomic E-state index is 14.8. The Hall–Kier alpha value is -1.96. The molecule has 59 heavy (non-hydrogen) atoms. The molecule has 0 aliphatic heterocycles. The Balaban J connectivity index is 1.30. The van der Waals surface area contributed by atoms with Crippen LogP contribution in [0.3, 0.4) is 0 Å². The second kappa shape index (κ2) is 16.3. The maximum atomic E-state index is 14.8. The van der Waals surface area contributed by atoms with Crippen molar-refractivity contribution in [3.63, 3.8) is 0 Å². The van der Waals surface area contributed by atoms with Gasteiger partial charge >= 0.3 is 11.9 Å². The van der Waals surface area contributed by atoms with E-state index >= 15 is 0 Å². The molecule has 0 amide bonds. The Labute approximate surface area is 362 Å². The van der Waals surface area contributed by atoms with Gasteiger partial charge in [0.05, 0.1) is 17.9 Å². The summed E-state index contributed by atoms with van der Waals surface area (Å²) in [5.74, 6) is 0.972. The fourth-order valence-corrected chi connectivity index (χ4v) is 15.2. The molecule has 8 heteroatoms. The van der Waals surface area contributed by atoms with E-state index in [9.17, 15) is 24.6 Å². The van der Waals surface area contributed by atoms with Crippen molar-refractivity contribution in [2.24, 2.45) is 73.4 Å². The number of hydrogen-bond acceptors (Lipinski definition) is 6. The van der Waals surface area contributed by atoms with Gasteiger partial charge in [0, 0.05) is 40.8 Å². The van der Waals surface area contributed by atoms with Crippen LogP contribution in [0.5, 0.6) is 0 Å². The van der Waals surface area contributed by atoms with Gasteiger partial charge in [0.25, 0.3) is 0 Å². The van der Waals surface area contributed by atoms with Crippen molar-refractivity contribution in [1.29, 1.82) is 0 Å². The van der Waals surface area contributed by atoms with Crippen LogP contribution < -0.4 is 0 Å². The molecule has 2 N–H and O–H groups in total. The standard InChI is InChI=1S/C51H80ClNO6/c1-13-33(4)22-27-53(30-34-16-14-15-17-36(34)52)31-40(55)51-26-25-48(10)35(43(51)50(12,32(2)3)39(54)28-51)18-19-38-47(9)23-21-41(59-42(56)29-45(5,6)44(57)58)46(7,8)37(47)20-24-49(38,48)11/h14-17,32-33,35,37-38,40-41,43,55H,13,18-31H2,1-12H3,(H,57,58)/t33?,35-,37+,38-,40-,41+,43?,47+,48-,49-,50?,51+/m1/s1. The van der Waals surface area contributed by atoms with E-state index in [0.717, 1.165) is 81.3 Å². The Bertz CT molecular complexity index is 1740. The first-order valence-corrected chi connectivity index (χ1v) is 23.8. The summed E-state index contributed by atoms with van der Waals surface area (Å²) in [5.41, 5.74) is -1.21. The number of carboxylic acids is 1. The van der Waals surface area contributed by atoms with Gasteiger partial charge in [-0.3, -0.25) is 19.3 Å². The molecule has 7 nitrogen and oxygen atoms in total. The number of carboxylic acid groups (broad SMARTS) is 1. The van der Waals surface area contributed by atoms with Gasteiger partial charge in [-0.2, -0.15) is 0 Å². The summed E-state index contributed by atoms with van der Waals surface area (Å²) in [6.45, 7) is 28.9. The first-order chi connectivity index (χ1) is 27.3. The lowest BCUT2D eigenvalue weighted by atomic mass is 9.31. The minimum absolute atomic E-state index is 0.00222. The lowest BCUT2D eigenvalue weighted by Crippen LogP contribution is -2.68. The molecule has 0 bridgehead atoms. The van der Waals surface area contributed by atoms with Gasteiger partial charge < -0.3 is 14.9 Å². The summed E-state index contributed by atoms with van der Waals surface area (Å²) in [5, 5.41) is 23.4. The summed E-state index contributed by atoms with van der Waals surface area (Å²) in [4.78, 5) is 42.2. The third kappa shape index (κ3) is 7.57. The van der Waals surface area contributed by atoms with Gasteiger partial charge in [0.2, 0.25) is 0 Å². The van der Waals surface area contributed by atoms with Gasteiger partial charge in [-0.05, 0) is 142 Å². The van der Waals surface area contributed by atoms with Crippen LogP contribution in [-0.4, -0.2) is 58.1 Å². The van der Waals surface area contributed by atoms with Gasteiger partial charge in [0.15, 0.2) is 0 Å². The highest BCUT2D eigenvalue weighted by Crippen LogP contribution is 2.79. The van der Waals surface area contributed by atoms with Crippen molar-refractivity contribution in [3.8, 4) is 0 Å². The molecule has 5 aliphatic carbocycles. The average Bonchev–Trinajstić information content (AvgIpc) is 3.40. The van der Waals surface area contributed by atoms with Gasteiger partial charge in [0.1, 0.15) is 11.9 Å². The molecule has 5 aliphatic rings. The minimum Gasteiger partial charge on any atom is -0.481 e. The van der Waals surface area contributed by atoms with Crippen molar-refractivity contribution in [3.05, 3.63) is 34.9 Å². The third-order valence-electron chi connectivity index (χ3n) is 19.5. The predicted molar refractivity (Wildman–Crippen MR) is 237 cm³/mol. The monoisotopic (exact) mass is 838 g/mol. The maximum Gasteiger partial charge on any atom is 0.309 e. The van der Waals surface area contributed by atoms with Crippen molar-refractivity contribution >= 4 is 29.3 Å².